The molecule has 0 heterocycles. The van der Waals surface area contributed by atoms with Gasteiger partial charge < -0.3 is 11.1 Å². The molecule has 2 aliphatic rings. The first-order valence-corrected chi connectivity index (χ1v) is 6.90. The summed E-state index contributed by atoms with van der Waals surface area (Å²) in [5, 5.41) is 3.81. The molecule has 2 atom stereocenters. The Hall–Kier alpha value is -0.0800. The van der Waals surface area contributed by atoms with Gasteiger partial charge in [0, 0.05) is 12.1 Å². The first-order valence-electron chi connectivity index (χ1n) is 6.90. The summed E-state index contributed by atoms with van der Waals surface area (Å²) in [7, 11) is 0. The van der Waals surface area contributed by atoms with Gasteiger partial charge in [-0.15, -0.1) is 0 Å². The number of nitrogens with two attached hydrogens (primary N) is 1. The largest absolute Gasteiger partial charge is 0.329 e. The second kappa shape index (κ2) is 4.30. The van der Waals surface area contributed by atoms with Crippen molar-refractivity contribution in [2.24, 2.45) is 23.0 Å². The molecule has 2 nitrogen and oxygen atoms in total. The average molecular weight is 224 g/mol. The molecule has 0 aromatic carbocycles. The molecule has 16 heavy (non-hydrogen) atoms. The second-order valence-corrected chi connectivity index (χ2v) is 7.16. The molecule has 2 fully saturated rings. The van der Waals surface area contributed by atoms with Crippen molar-refractivity contribution >= 4 is 0 Å². The van der Waals surface area contributed by atoms with Crippen molar-refractivity contribution in [3.05, 3.63) is 0 Å². The van der Waals surface area contributed by atoms with Gasteiger partial charge in [0.2, 0.25) is 0 Å². The van der Waals surface area contributed by atoms with Crippen LogP contribution in [0.3, 0.4) is 0 Å². The minimum Gasteiger partial charge on any atom is -0.329 e. The van der Waals surface area contributed by atoms with Crippen LogP contribution in [0.2, 0.25) is 0 Å². The summed E-state index contributed by atoms with van der Waals surface area (Å²) >= 11 is 0. The first kappa shape index (κ1) is 12.4. The maximum atomic E-state index is 6.07. The van der Waals surface area contributed by atoms with E-state index < -0.39 is 0 Å². The number of rotatable bonds is 4. The van der Waals surface area contributed by atoms with Gasteiger partial charge in [0.15, 0.2) is 0 Å². The molecule has 0 aromatic heterocycles. The fourth-order valence-electron chi connectivity index (χ4n) is 3.79. The fourth-order valence-corrected chi connectivity index (χ4v) is 3.79. The van der Waals surface area contributed by atoms with Crippen molar-refractivity contribution in [3.63, 3.8) is 0 Å². The molecule has 3 N–H and O–H groups in total. The van der Waals surface area contributed by atoms with Crippen molar-refractivity contribution < 1.29 is 0 Å². The molecule has 0 aromatic rings. The smallest absolute Gasteiger partial charge is 0.0311 e. The van der Waals surface area contributed by atoms with Gasteiger partial charge in [-0.3, -0.25) is 0 Å². The third-order valence-electron chi connectivity index (χ3n) is 4.31. The quantitative estimate of drug-likeness (QED) is 0.770. The van der Waals surface area contributed by atoms with E-state index in [4.69, 9.17) is 5.73 Å². The number of hydrogen-bond donors (Lipinski definition) is 2. The minimum atomic E-state index is 0.226. The van der Waals surface area contributed by atoms with E-state index in [1.807, 2.05) is 0 Å². The molecule has 2 unspecified atom stereocenters. The maximum Gasteiger partial charge on any atom is 0.0311 e. The summed E-state index contributed by atoms with van der Waals surface area (Å²) in [4.78, 5) is 0. The van der Waals surface area contributed by atoms with Crippen molar-refractivity contribution in [1.29, 1.82) is 0 Å². The molecular formula is C14H28N2. The van der Waals surface area contributed by atoms with Crippen LogP contribution >= 0.6 is 0 Å². The summed E-state index contributed by atoms with van der Waals surface area (Å²) in [6.07, 6.45) is 6.70. The van der Waals surface area contributed by atoms with E-state index >= 15 is 0 Å². The topological polar surface area (TPSA) is 38.0 Å². The highest BCUT2D eigenvalue weighted by molar-refractivity contribution is 5.00. The van der Waals surface area contributed by atoms with Crippen LogP contribution < -0.4 is 11.1 Å². The van der Waals surface area contributed by atoms with Gasteiger partial charge in [0.05, 0.1) is 0 Å². The Kier molecular flexibility index (Phi) is 3.33. The standard InChI is InChI=1S/C14H28N2/c1-11-6-13(2,3)9-14(7-11,10-15)16-8-12-4-5-12/h11-12,16H,4-10,15H2,1-3H3. The molecule has 2 aliphatic carbocycles. The lowest BCUT2D eigenvalue weighted by atomic mass is 9.64. The monoisotopic (exact) mass is 224 g/mol. The van der Waals surface area contributed by atoms with Crippen molar-refractivity contribution in [3.8, 4) is 0 Å². The van der Waals surface area contributed by atoms with E-state index in [2.05, 4.69) is 26.1 Å². The Labute approximate surface area is 100 Å². The highest BCUT2D eigenvalue weighted by Gasteiger charge is 2.42. The predicted molar refractivity (Wildman–Crippen MR) is 69.3 cm³/mol. The molecule has 0 spiro atoms. The summed E-state index contributed by atoms with van der Waals surface area (Å²) < 4.78 is 0. The molecule has 2 rings (SSSR count). The predicted octanol–water partition coefficient (Wildman–Crippen LogP) is 2.53. The second-order valence-electron chi connectivity index (χ2n) is 7.16. The molecule has 0 radical (unpaired) electrons. The molecule has 0 amide bonds. The molecule has 94 valence electrons. The van der Waals surface area contributed by atoms with E-state index in [1.54, 1.807) is 0 Å². The SMILES string of the molecule is CC1CC(C)(C)CC(CN)(NCC2CC2)C1. The van der Waals surface area contributed by atoms with Gasteiger partial charge in [-0.05, 0) is 55.9 Å². The molecule has 2 heteroatoms. The fraction of sp³-hybridized carbons (Fsp3) is 1.00. The van der Waals surface area contributed by atoms with Crippen LogP contribution in [0.1, 0.15) is 52.9 Å². The lowest BCUT2D eigenvalue weighted by Gasteiger charge is -2.48. The highest BCUT2D eigenvalue weighted by atomic mass is 15.0. The van der Waals surface area contributed by atoms with E-state index in [0.717, 1.165) is 18.4 Å². The Morgan fingerprint density at radius 3 is 2.44 bits per heavy atom. The Bertz CT molecular complexity index is 245. The van der Waals surface area contributed by atoms with Crippen LogP contribution in [-0.2, 0) is 0 Å². The van der Waals surface area contributed by atoms with Crippen LogP contribution in [-0.4, -0.2) is 18.6 Å². The van der Waals surface area contributed by atoms with Crippen LogP contribution in [0.5, 0.6) is 0 Å². The molecule has 2 saturated carbocycles. The lowest BCUT2D eigenvalue weighted by Crippen LogP contribution is -2.57. The van der Waals surface area contributed by atoms with Crippen molar-refractivity contribution in [2.75, 3.05) is 13.1 Å². The Balaban J connectivity index is 1.99. The third kappa shape index (κ3) is 2.98. The summed E-state index contributed by atoms with van der Waals surface area (Å²) in [6.45, 7) is 9.16. The molecular weight excluding hydrogens is 196 g/mol. The Morgan fingerprint density at radius 2 is 1.94 bits per heavy atom. The molecule has 0 bridgehead atoms. The third-order valence-corrected chi connectivity index (χ3v) is 4.31. The lowest BCUT2D eigenvalue weighted by molar-refractivity contribution is 0.0855. The van der Waals surface area contributed by atoms with Crippen LogP contribution in [0.25, 0.3) is 0 Å². The van der Waals surface area contributed by atoms with Crippen molar-refractivity contribution in [1.82, 2.24) is 5.32 Å². The minimum absolute atomic E-state index is 0.226. The zero-order valence-corrected chi connectivity index (χ0v) is 11.2. The van der Waals surface area contributed by atoms with Gasteiger partial charge in [-0.2, -0.15) is 0 Å². The van der Waals surface area contributed by atoms with Crippen LogP contribution in [0.4, 0.5) is 0 Å². The summed E-state index contributed by atoms with van der Waals surface area (Å²) in [5.41, 5.74) is 6.74. The number of nitrogens with one attached hydrogen (secondary N) is 1. The zero-order valence-electron chi connectivity index (χ0n) is 11.2. The first-order chi connectivity index (χ1) is 7.45. The highest BCUT2D eigenvalue weighted by Crippen LogP contribution is 2.43. The summed E-state index contributed by atoms with van der Waals surface area (Å²) in [5.74, 6) is 1.75. The average Bonchev–Trinajstić information content (AvgIpc) is 2.95. The molecule has 0 saturated heterocycles. The van der Waals surface area contributed by atoms with Gasteiger partial charge in [-0.25, -0.2) is 0 Å². The van der Waals surface area contributed by atoms with Gasteiger partial charge in [0.25, 0.3) is 0 Å². The van der Waals surface area contributed by atoms with E-state index in [1.165, 1.54) is 38.6 Å². The van der Waals surface area contributed by atoms with Gasteiger partial charge in [-0.1, -0.05) is 20.8 Å². The molecule has 0 aliphatic heterocycles. The number of hydrogen-bond acceptors (Lipinski definition) is 2. The van der Waals surface area contributed by atoms with E-state index in [0.29, 0.717) is 5.41 Å². The Morgan fingerprint density at radius 1 is 1.25 bits per heavy atom. The normalized spacial score (nSPS) is 38.6. The maximum absolute atomic E-state index is 6.07. The van der Waals surface area contributed by atoms with Crippen LogP contribution in [0.15, 0.2) is 0 Å². The van der Waals surface area contributed by atoms with Gasteiger partial charge >= 0.3 is 0 Å². The van der Waals surface area contributed by atoms with Crippen molar-refractivity contribution in [2.45, 2.75) is 58.4 Å². The zero-order chi connectivity index (χ0) is 11.8. The van der Waals surface area contributed by atoms with Crippen LogP contribution in [0, 0.1) is 17.3 Å². The van der Waals surface area contributed by atoms with E-state index in [-0.39, 0.29) is 5.54 Å². The van der Waals surface area contributed by atoms with E-state index in [9.17, 15) is 0 Å². The summed E-state index contributed by atoms with van der Waals surface area (Å²) in [6, 6.07) is 0. The van der Waals surface area contributed by atoms with Gasteiger partial charge in [0.1, 0.15) is 0 Å².